The molecule has 304 valence electrons. The predicted octanol–water partition coefficient (Wildman–Crippen LogP) is 10.9. The molecule has 0 fully saturated rings. The Morgan fingerprint density at radius 2 is 1.02 bits per heavy atom. The van der Waals surface area contributed by atoms with Crippen LogP contribution in [0.1, 0.15) is 194 Å². The van der Waals surface area contributed by atoms with Crippen LogP contribution in [0.15, 0.2) is 0 Å². The van der Waals surface area contributed by atoms with E-state index in [-0.39, 0.29) is 31.5 Å². The fourth-order valence-electron chi connectivity index (χ4n) is 6.01. The first kappa shape index (κ1) is 50.0. The maximum absolute atomic E-state index is 12.8. The molecule has 0 N–H and O–H groups in total. The third-order valence-electron chi connectivity index (χ3n) is 9.52. The lowest BCUT2D eigenvalue weighted by Crippen LogP contribution is -2.37. The Morgan fingerprint density at radius 1 is 0.608 bits per heavy atom. The molecule has 0 aromatic heterocycles. The van der Waals surface area contributed by atoms with Gasteiger partial charge in [-0.15, -0.1) is 0 Å². The first-order valence-electron chi connectivity index (χ1n) is 21.2. The number of rotatable bonds is 38. The van der Waals surface area contributed by atoms with Gasteiger partial charge in [0.25, 0.3) is 7.82 Å². The third-order valence-corrected chi connectivity index (χ3v) is 10.5. The van der Waals surface area contributed by atoms with Gasteiger partial charge in [-0.3, -0.25) is 14.2 Å². The van der Waals surface area contributed by atoms with Crippen molar-refractivity contribution in [2.45, 2.75) is 200 Å². The van der Waals surface area contributed by atoms with Crippen molar-refractivity contribution in [3.8, 4) is 0 Å². The van der Waals surface area contributed by atoms with Crippen LogP contribution in [0.25, 0.3) is 0 Å². The molecular weight excluding hydrogens is 665 g/mol. The average molecular weight is 748 g/mol. The summed E-state index contributed by atoms with van der Waals surface area (Å²) in [7, 11) is 1.17. The van der Waals surface area contributed by atoms with Crippen molar-refractivity contribution in [3.05, 3.63) is 0 Å². The Labute approximate surface area is 314 Å². The van der Waals surface area contributed by atoms with Crippen LogP contribution >= 0.6 is 7.82 Å². The Morgan fingerprint density at radius 3 is 1.45 bits per heavy atom. The molecule has 9 nitrogen and oxygen atoms in total. The highest BCUT2D eigenvalue weighted by molar-refractivity contribution is 7.45. The summed E-state index contributed by atoms with van der Waals surface area (Å²) >= 11 is 0. The van der Waals surface area contributed by atoms with Crippen molar-refractivity contribution in [2.75, 3.05) is 47.5 Å². The Kier molecular flexibility index (Phi) is 32.9. The fourth-order valence-corrected chi connectivity index (χ4v) is 6.74. The van der Waals surface area contributed by atoms with Crippen molar-refractivity contribution in [1.82, 2.24) is 0 Å². The highest BCUT2D eigenvalue weighted by Gasteiger charge is 2.23. The van der Waals surface area contributed by atoms with Gasteiger partial charge in [-0.05, 0) is 12.8 Å². The summed E-state index contributed by atoms with van der Waals surface area (Å²) in [4.78, 5) is 37.8. The van der Waals surface area contributed by atoms with Gasteiger partial charge in [0.2, 0.25) is 0 Å². The smallest absolute Gasteiger partial charge is 0.308 e. The van der Waals surface area contributed by atoms with E-state index in [4.69, 9.17) is 18.5 Å². The normalized spacial score (nSPS) is 14.3. The fraction of sp³-hybridized carbons (Fsp3) is 0.951. The molecule has 0 heterocycles. The Hall–Kier alpha value is -0.990. The molecule has 0 aliphatic carbocycles. The first-order chi connectivity index (χ1) is 24.4. The van der Waals surface area contributed by atoms with Crippen molar-refractivity contribution in [1.29, 1.82) is 0 Å². The SMILES string of the molecule is CCCCCCCCCCCCCCCC(=O)O[C@H](COC(=O)C(C)CCCCCCCCCCCCCC)COP(=O)([O-])OCC[N+](C)(C)C. The monoisotopic (exact) mass is 748 g/mol. The number of hydrogen-bond acceptors (Lipinski definition) is 8. The van der Waals surface area contributed by atoms with Crippen molar-refractivity contribution in [3.63, 3.8) is 0 Å². The number of ether oxygens (including phenoxy) is 2. The van der Waals surface area contributed by atoms with E-state index in [9.17, 15) is 19.0 Å². The summed E-state index contributed by atoms with van der Waals surface area (Å²) in [5.74, 6) is -1.11. The van der Waals surface area contributed by atoms with Gasteiger partial charge >= 0.3 is 11.9 Å². The maximum Gasteiger partial charge on any atom is 0.308 e. The summed E-state index contributed by atoms with van der Waals surface area (Å²) in [5, 5.41) is 0. The van der Waals surface area contributed by atoms with Gasteiger partial charge in [0.1, 0.15) is 19.8 Å². The van der Waals surface area contributed by atoms with E-state index in [1.807, 2.05) is 28.1 Å². The van der Waals surface area contributed by atoms with Crippen LogP contribution < -0.4 is 4.89 Å². The number of quaternary nitrogens is 1. The zero-order chi connectivity index (χ0) is 38.1. The number of carbonyl (C=O) groups is 2. The molecule has 0 amide bonds. The van der Waals surface area contributed by atoms with Crippen LogP contribution in [0.3, 0.4) is 0 Å². The molecule has 0 radical (unpaired) electrons. The lowest BCUT2D eigenvalue weighted by Gasteiger charge is -2.28. The van der Waals surface area contributed by atoms with Gasteiger partial charge in [0.15, 0.2) is 6.10 Å². The molecule has 51 heavy (non-hydrogen) atoms. The molecule has 2 unspecified atom stereocenters. The van der Waals surface area contributed by atoms with Crippen LogP contribution in [0, 0.1) is 5.92 Å². The molecule has 0 saturated carbocycles. The van der Waals surface area contributed by atoms with Crippen LogP contribution in [0.2, 0.25) is 0 Å². The number of nitrogens with zero attached hydrogens (tertiary/aromatic N) is 1. The zero-order valence-electron chi connectivity index (χ0n) is 34.2. The molecule has 0 aliphatic rings. The van der Waals surface area contributed by atoms with Crippen molar-refractivity contribution < 1.29 is 42.1 Å². The minimum Gasteiger partial charge on any atom is -0.756 e. The molecule has 0 aromatic carbocycles. The van der Waals surface area contributed by atoms with Gasteiger partial charge < -0.3 is 27.9 Å². The van der Waals surface area contributed by atoms with Crippen molar-refractivity contribution >= 4 is 19.8 Å². The highest BCUT2D eigenvalue weighted by atomic mass is 31.2. The zero-order valence-corrected chi connectivity index (χ0v) is 35.1. The van der Waals surface area contributed by atoms with Crippen LogP contribution in [-0.4, -0.2) is 70.0 Å². The maximum atomic E-state index is 12.8. The molecule has 0 rings (SSSR count). The molecule has 3 atom stereocenters. The van der Waals surface area contributed by atoms with Gasteiger partial charge in [-0.2, -0.15) is 0 Å². The standard InChI is InChI=1S/C41H82NO8P/c1-7-9-11-13-15-17-19-21-23-25-27-29-31-33-40(43)50-39(37-49-51(45,46)48-35-34-42(4,5)6)36-47-41(44)38(3)32-30-28-26-24-22-20-18-16-14-12-10-8-2/h38-39H,7-37H2,1-6H3/t38?,39-/m1/s1. The Bertz CT molecular complexity index is 865. The molecule has 0 bridgehead atoms. The largest absolute Gasteiger partial charge is 0.756 e. The number of phosphoric ester groups is 1. The van der Waals surface area contributed by atoms with Crippen LogP contribution in [0.5, 0.6) is 0 Å². The lowest BCUT2D eigenvalue weighted by atomic mass is 10.0. The molecular formula is C41H82NO8P. The molecule has 0 spiro atoms. The van der Waals surface area contributed by atoms with Crippen LogP contribution in [0.4, 0.5) is 0 Å². The molecule has 0 aliphatic heterocycles. The number of phosphoric acid groups is 1. The van der Waals surface area contributed by atoms with Gasteiger partial charge in [-0.1, -0.05) is 175 Å². The van der Waals surface area contributed by atoms with Gasteiger partial charge in [0, 0.05) is 6.42 Å². The minimum atomic E-state index is -4.62. The molecule has 10 heteroatoms. The number of carbonyl (C=O) groups excluding carboxylic acids is 2. The van der Waals surface area contributed by atoms with E-state index in [2.05, 4.69) is 13.8 Å². The van der Waals surface area contributed by atoms with E-state index >= 15 is 0 Å². The summed E-state index contributed by atoms with van der Waals surface area (Å²) in [6.07, 6.45) is 30.8. The molecule has 0 aromatic rings. The van der Waals surface area contributed by atoms with E-state index in [1.165, 1.54) is 128 Å². The number of unbranched alkanes of at least 4 members (excludes halogenated alkanes) is 23. The van der Waals surface area contributed by atoms with E-state index in [0.717, 1.165) is 32.1 Å². The number of likely N-dealkylation sites (N-methyl/N-ethyl adjacent to an activating group) is 1. The third kappa shape index (κ3) is 35.8. The quantitative estimate of drug-likeness (QED) is 0.0266. The second-order valence-corrected chi connectivity index (χ2v) is 17.3. The summed E-state index contributed by atoms with van der Waals surface area (Å²) < 4.78 is 34.1. The number of esters is 2. The summed E-state index contributed by atoms with van der Waals surface area (Å²) in [6, 6.07) is 0. The van der Waals surface area contributed by atoms with E-state index < -0.39 is 26.5 Å². The summed E-state index contributed by atoms with van der Waals surface area (Å²) in [5.41, 5.74) is 0. The summed E-state index contributed by atoms with van der Waals surface area (Å²) in [6.45, 7) is 6.07. The number of hydrogen-bond donors (Lipinski definition) is 0. The van der Waals surface area contributed by atoms with E-state index in [1.54, 1.807) is 0 Å². The van der Waals surface area contributed by atoms with E-state index in [0.29, 0.717) is 17.4 Å². The minimum absolute atomic E-state index is 0.0284. The molecule has 0 saturated heterocycles. The van der Waals surface area contributed by atoms with Crippen LogP contribution in [-0.2, 0) is 32.7 Å². The lowest BCUT2D eigenvalue weighted by molar-refractivity contribution is -0.870. The Balaban J connectivity index is 4.49. The van der Waals surface area contributed by atoms with Crippen molar-refractivity contribution in [2.24, 2.45) is 5.92 Å². The predicted molar refractivity (Wildman–Crippen MR) is 208 cm³/mol. The second kappa shape index (κ2) is 33.6. The topological polar surface area (TPSA) is 111 Å². The van der Waals surface area contributed by atoms with Gasteiger partial charge in [-0.25, -0.2) is 0 Å². The van der Waals surface area contributed by atoms with Gasteiger partial charge in [0.05, 0.1) is 33.7 Å². The first-order valence-corrected chi connectivity index (χ1v) is 22.6. The highest BCUT2D eigenvalue weighted by Crippen LogP contribution is 2.38. The average Bonchev–Trinajstić information content (AvgIpc) is 3.07. The second-order valence-electron chi connectivity index (χ2n) is 15.9.